The highest BCUT2D eigenvalue weighted by Crippen LogP contribution is 2.40. The van der Waals surface area contributed by atoms with Crippen molar-refractivity contribution in [1.29, 1.82) is 0 Å². The number of benzene rings is 1. The fourth-order valence-corrected chi connectivity index (χ4v) is 16.7. The molecule has 127 heavy (non-hydrogen) atoms. The summed E-state index contributed by atoms with van der Waals surface area (Å²) >= 11 is 0. The Kier molecular flexibility index (Phi) is 44.0. The van der Waals surface area contributed by atoms with Crippen molar-refractivity contribution in [3.8, 4) is 11.3 Å². The maximum absolute atomic E-state index is 14.9. The first-order valence-electron chi connectivity index (χ1n) is 45.3. The first kappa shape index (κ1) is 103. The molecule has 9 rings (SSSR count). The number of hydrogen-bond donors (Lipinski definition) is 6. The number of anilines is 2. The van der Waals surface area contributed by atoms with Crippen LogP contribution in [0.5, 0.6) is 0 Å². The molecule has 2 amide bonds. The van der Waals surface area contributed by atoms with Gasteiger partial charge in [-0.1, -0.05) is 81.4 Å². The van der Waals surface area contributed by atoms with Crippen LogP contribution in [-0.4, -0.2) is 297 Å². The number of esters is 1. The quantitative estimate of drug-likeness (QED) is 0.00696. The van der Waals surface area contributed by atoms with Crippen LogP contribution in [0.4, 0.5) is 11.8 Å². The summed E-state index contributed by atoms with van der Waals surface area (Å²) in [5.74, 6) is -6.39. The Morgan fingerprint density at radius 1 is 0.748 bits per heavy atom. The molecular formula is C91H141N13O23. The molecule has 3 fully saturated rings. The summed E-state index contributed by atoms with van der Waals surface area (Å²) in [6.07, 6.45) is 17.3. The maximum atomic E-state index is 14.9. The van der Waals surface area contributed by atoms with Gasteiger partial charge in [0.1, 0.15) is 53.4 Å². The second-order valence-electron chi connectivity index (χ2n) is 33.6. The number of methoxy groups -OCH3 is 3. The van der Waals surface area contributed by atoms with Gasteiger partial charge in [0.15, 0.2) is 17.8 Å². The van der Waals surface area contributed by atoms with Crippen molar-refractivity contribution in [3.05, 3.63) is 84.0 Å². The minimum absolute atomic E-state index is 0.0209. The zero-order valence-corrected chi connectivity index (χ0v) is 76.3. The van der Waals surface area contributed by atoms with Crippen LogP contribution in [0.25, 0.3) is 33.4 Å². The number of aliphatic hydroxyl groups is 3. The van der Waals surface area contributed by atoms with Gasteiger partial charge in [0, 0.05) is 90.2 Å². The predicted octanol–water partition coefficient (Wildman–Crippen LogP) is 8.84. The van der Waals surface area contributed by atoms with Crippen LogP contribution in [0, 0.1) is 35.5 Å². The molecule has 4 aromatic heterocycles. The lowest BCUT2D eigenvalue weighted by Gasteiger charge is -2.43. The number of carbonyl (C=O) groups is 4. The number of Topliss-reactive ketones (excluding diaryl/α,β-unsaturated/α-hetero) is 1. The van der Waals surface area contributed by atoms with E-state index in [0.29, 0.717) is 234 Å². The van der Waals surface area contributed by atoms with Crippen LogP contribution in [0.2, 0.25) is 0 Å². The van der Waals surface area contributed by atoms with Crippen LogP contribution in [-0.2, 0) is 110 Å². The summed E-state index contributed by atoms with van der Waals surface area (Å²) in [5, 5.41) is 57.2. The minimum Gasteiger partial charge on any atom is -0.460 e. The van der Waals surface area contributed by atoms with Gasteiger partial charge < -0.3 is 113 Å². The average Bonchev–Trinajstić information content (AvgIpc) is 1.73. The average molecular weight is 1790 g/mol. The number of nitrogens with one attached hydrogen (secondary N) is 1. The Bertz CT molecular complexity index is 4290. The van der Waals surface area contributed by atoms with Crippen LogP contribution in [0.3, 0.4) is 0 Å². The molecule has 0 radical (unpaired) electrons. The Balaban J connectivity index is 0.653. The molecule has 36 heteroatoms. The van der Waals surface area contributed by atoms with Gasteiger partial charge >= 0.3 is 5.97 Å². The number of aryl methyl sites for hydroxylation is 1. The second kappa shape index (κ2) is 54.5. The summed E-state index contributed by atoms with van der Waals surface area (Å²) in [4.78, 5) is 76.8. The fourth-order valence-electron chi connectivity index (χ4n) is 16.7. The van der Waals surface area contributed by atoms with Crippen LogP contribution < -0.4 is 16.8 Å². The number of oxime groups is 1. The number of nitrogens with two attached hydrogens (primary N) is 2. The number of ether oxygens (including phenoxy) is 14. The summed E-state index contributed by atoms with van der Waals surface area (Å²) < 4.78 is 91.4. The number of amides is 2. The normalized spacial score (nSPS) is 27.4. The third-order valence-electron chi connectivity index (χ3n) is 23.9. The Labute approximate surface area is 746 Å². The van der Waals surface area contributed by atoms with Crippen molar-refractivity contribution in [2.45, 2.75) is 232 Å². The molecule has 2 saturated heterocycles. The van der Waals surface area contributed by atoms with E-state index in [0.717, 1.165) is 30.4 Å². The number of ketones is 1. The van der Waals surface area contributed by atoms with E-state index in [9.17, 15) is 34.5 Å². The number of fused-ring (bicyclic) bond motifs is 5. The van der Waals surface area contributed by atoms with E-state index in [1.54, 1.807) is 42.8 Å². The van der Waals surface area contributed by atoms with Crippen LogP contribution in [0.15, 0.2) is 87.9 Å². The van der Waals surface area contributed by atoms with Gasteiger partial charge in [0.05, 0.1) is 160 Å². The Morgan fingerprint density at radius 2 is 1.43 bits per heavy atom. The number of rotatable bonds is 44. The Hall–Kier alpha value is -8.15. The number of hydrogen-bond acceptors (Lipinski definition) is 32. The molecule has 1 aromatic carbocycles. The van der Waals surface area contributed by atoms with E-state index >= 15 is 0 Å². The highest BCUT2D eigenvalue weighted by molar-refractivity contribution is 6.39. The lowest BCUT2D eigenvalue weighted by Crippen LogP contribution is -2.61. The monoisotopic (exact) mass is 1780 g/mol. The third-order valence-corrected chi connectivity index (χ3v) is 23.9. The second-order valence-corrected chi connectivity index (χ2v) is 33.6. The molecule has 1 saturated carbocycles. The maximum Gasteiger partial charge on any atom is 0.329 e. The van der Waals surface area contributed by atoms with Crippen LogP contribution >= 0.6 is 0 Å². The van der Waals surface area contributed by atoms with Gasteiger partial charge in [0.25, 0.3) is 17.7 Å². The Morgan fingerprint density at radius 3 is 2.10 bits per heavy atom. The number of cyclic esters (lactones) is 1. The number of nitrogen functional groups attached to an aromatic ring is 2. The zero-order valence-electron chi connectivity index (χ0n) is 76.3. The molecular weight excluding hydrogens is 1640 g/mol. The molecule has 16 atom stereocenters. The first-order chi connectivity index (χ1) is 61.4. The van der Waals surface area contributed by atoms with Gasteiger partial charge in [-0.2, -0.15) is 10.1 Å². The number of piperidine rings is 1. The summed E-state index contributed by atoms with van der Waals surface area (Å²) in [5.41, 5.74) is 17.7. The molecule has 3 aliphatic heterocycles. The lowest BCUT2D eigenvalue weighted by molar-refractivity contribution is -0.265. The lowest BCUT2D eigenvalue weighted by atomic mass is 9.78. The summed E-state index contributed by atoms with van der Waals surface area (Å²) in [7, 11) is 4.73. The van der Waals surface area contributed by atoms with Gasteiger partial charge in [-0.15, -0.1) is 5.10 Å². The predicted molar refractivity (Wildman–Crippen MR) is 473 cm³/mol. The first-order valence-corrected chi connectivity index (χ1v) is 45.3. The van der Waals surface area contributed by atoms with E-state index in [4.69, 9.17) is 97.3 Å². The number of carbonyl (C=O) groups excluding carboxylic acids is 4. The molecule has 5 aromatic rings. The molecule has 0 unspecified atom stereocenters. The SMILES string of the molecule is CCO[C@@H]1C[C@@H]([C@H](C)C[C@@H]2CC[C@@H](O)[C@H](OC)C2)OC(=O)[C@@H]2CCCCN2C(=O)C(=O)[C@]2(O)O[C@@H](CC[C@H]2C)C[C@H](OC)/C(C)=C/C=C/C=C/[C@@H](C)C[C@@H](C)/C(=N\OCc2cn(CCOCCOCCOCCOCCOCCOCCOCCOCCC(=O)NCCCCn3nc(-c4ccc5oc(N)nc5c4)c4c(N)ncnc43)nn2)[C@H](OC)[C@H](O)/C(C)=C/[C@H]1C. The highest BCUT2D eigenvalue weighted by Gasteiger charge is 2.53. The van der Waals surface area contributed by atoms with Gasteiger partial charge in [-0.3, -0.25) is 14.4 Å². The topological polar surface area (TPSA) is 447 Å². The summed E-state index contributed by atoms with van der Waals surface area (Å²) in [6, 6.07) is 4.47. The van der Waals surface area contributed by atoms with Gasteiger partial charge in [-0.05, 0) is 145 Å². The van der Waals surface area contributed by atoms with Gasteiger partial charge in [0.2, 0.25) is 11.7 Å². The molecule has 0 spiro atoms. The van der Waals surface area contributed by atoms with Crippen molar-refractivity contribution in [3.63, 3.8) is 0 Å². The highest BCUT2D eigenvalue weighted by atomic mass is 16.6. The van der Waals surface area contributed by atoms with E-state index < -0.39 is 78.1 Å². The standard InChI is InChI=1S/C91H141N13O23/c1-12-123-76-56-77(63(5)52-67-24-27-73(105)78(53-67)113-10)125-89(110)72-22-16-18-31-103(72)88(109)85(108)91(111)66(8)23-26-70(127-91)55-75(112-9)61(3)21-15-13-14-20-60(2)50-64(6)81(84(114-11)83(107)65(7)51-62(76)4)100-124-58-69-57-102(101-98-69)33-35-116-37-39-118-41-43-120-45-47-122-49-48-121-46-44-119-42-40-117-38-36-115-34-29-79(106)94-30-17-19-32-104-87-80(86(92)95-59-96-87)82(99-104)68-25-28-74-71(54-68)97-90(93)126-74/h13-15,20-21,25,28,51,54,57,59-60,62-64,66-67,70,72-73,75-78,83-84,105,107,111H,12,16-19,22-24,26-27,29-50,52-53,55-56,58H2,1-11H3,(H2,93,97)(H,94,106)(H2,92,95,96)/b15-13+,20-14+,61-21+,65-51+,100-81+/t60-,62-,63-,64-,66-,67+,70+,72+,73-,75+,76-,77+,78-,83-,84+,91-/m1/s1. The van der Waals surface area contributed by atoms with Gasteiger partial charge in [-0.25, -0.2) is 24.1 Å². The van der Waals surface area contributed by atoms with E-state index in [1.807, 2.05) is 84.1 Å². The molecule has 708 valence electrons. The smallest absolute Gasteiger partial charge is 0.329 e. The van der Waals surface area contributed by atoms with Crippen molar-refractivity contribution in [2.24, 2.45) is 40.7 Å². The van der Waals surface area contributed by atoms with Crippen molar-refractivity contribution in [1.82, 2.24) is 49.9 Å². The third kappa shape index (κ3) is 32.1. The number of aliphatic hydroxyl groups excluding tert-OH is 2. The zero-order chi connectivity index (χ0) is 91.0. The number of nitrogens with zero attached hydrogens (tertiary/aromatic N) is 10. The van der Waals surface area contributed by atoms with Crippen LogP contribution in [0.1, 0.15) is 157 Å². The molecule has 36 nitrogen and oxygen atoms in total. The number of oxazole rings is 1. The fraction of sp³-hybridized carbons (Fsp3) is 0.703. The van der Waals surface area contributed by atoms with Crippen molar-refractivity contribution >= 4 is 63.2 Å². The molecule has 7 heterocycles. The summed E-state index contributed by atoms with van der Waals surface area (Å²) in [6.45, 7) is 23.7. The molecule has 2 bridgehead atoms. The van der Waals surface area contributed by atoms with E-state index in [-0.39, 0.29) is 86.6 Å². The number of allylic oxidation sites excluding steroid dienone is 5. The van der Waals surface area contributed by atoms with E-state index in [2.05, 4.69) is 43.6 Å². The number of unbranched alkanes of at least 4 members (excludes halogenated alkanes) is 1. The van der Waals surface area contributed by atoms with Crippen molar-refractivity contribution in [2.75, 3.05) is 158 Å². The minimum atomic E-state index is -2.44. The number of aromatic nitrogens is 8. The molecule has 4 aliphatic rings. The largest absolute Gasteiger partial charge is 0.460 e. The van der Waals surface area contributed by atoms with Crippen molar-refractivity contribution < 1.29 is 110 Å². The molecule has 1 aliphatic carbocycles. The molecule has 8 N–H and O–H groups in total. The van der Waals surface area contributed by atoms with E-state index in [1.165, 1.54) is 18.3 Å².